The SMILES string of the molecule is Cc1ncsc1-c1ccc(CNC(=O)[C@@H]2C[C@@H](OCC(C)CCC(=O)N[C@@H](CS)C(=O)N3C[C@H](O)C[C@H]3C(=O)NCc3ccc(-c4scnc4C)cc3)CN2C(=O)c2ccccc2)cc1. The Morgan fingerprint density at radius 1 is 0.785 bits per heavy atom. The standard InChI is InChI=1S/C48H55N7O7S3/c1-29(9-18-42(57)53-39(26-63)48(61)54-23-37(56)19-40(54)45(58)49-21-32-10-14-34(15-11-32)43-30(2)51-27-64-43)25-62-38-20-41(55(24-38)47(60)36-7-5-4-6-8-36)46(59)50-22-33-12-16-35(17-13-33)44-31(3)52-28-65-44/h4-8,10-17,27-29,37-41,56,63H,9,18-26H2,1-3H3,(H,49,58)(H,50,59)(H,53,57)/t29?,37-,38-,39+,40+,41+/m1/s1. The second-order valence-electron chi connectivity index (χ2n) is 16.7. The van der Waals surface area contributed by atoms with Gasteiger partial charge in [-0.05, 0) is 60.6 Å². The topological polar surface area (TPSA) is 183 Å². The van der Waals surface area contributed by atoms with Crippen LogP contribution in [0.2, 0.25) is 0 Å². The number of aliphatic hydroxyl groups is 1. The van der Waals surface area contributed by atoms with E-state index in [0.29, 0.717) is 31.6 Å². The molecule has 1 unspecified atom stereocenters. The highest BCUT2D eigenvalue weighted by molar-refractivity contribution is 7.80. The van der Waals surface area contributed by atoms with Gasteiger partial charge in [0.05, 0.1) is 44.4 Å². The summed E-state index contributed by atoms with van der Waals surface area (Å²) in [5, 5.41) is 19.2. The zero-order valence-electron chi connectivity index (χ0n) is 36.6. The van der Waals surface area contributed by atoms with E-state index in [1.54, 1.807) is 57.3 Å². The highest BCUT2D eigenvalue weighted by atomic mass is 32.1. The molecule has 342 valence electrons. The predicted octanol–water partition coefficient (Wildman–Crippen LogP) is 5.58. The Bertz CT molecular complexity index is 2430. The first kappa shape index (κ1) is 47.5. The molecule has 2 fully saturated rings. The molecule has 7 rings (SSSR count). The number of ether oxygens (including phenoxy) is 1. The van der Waals surface area contributed by atoms with Crippen LogP contribution < -0.4 is 16.0 Å². The molecule has 5 amide bonds. The molecule has 0 bridgehead atoms. The molecule has 2 aliphatic heterocycles. The number of nitrogens with zero attached hydrogens (tertiary/aromatic N) is 4. The van der Waals surface area contributed by atoms with E-state index in [1.807, 2.05) is 80.9 Å². The Kier molecular flexibility index (Phi) is 16.2. The zero-order valence-corrected chi connectivity index (χ0v) is 39.2. The summed E-state index contributed by atoms with van der Waals surface area (Å²) in [5.41, 5.74) is 9.96. The molecular weight excluding hydrogens is 883 g/mol. The second kappa shape index (κ2) is 22.2. The average Bonchev–Trinajstić information content (AvgIpc) is 4.15. The molecule has 0 aliphatic carbocycles. The third-order valence-corrected chi connectivity index (χ3v) is 14.2. The lowest BCUT2D eigenvalue weighted by Gasteiger charge is -2.28. The third-order valence-electron chi connectivity index (χ3n) is 11.9. The van der Waals surface area contributed by atoms with Crippen LogP contribution in [0.25, 0.3) is 20.9 Å². The van der Waals surface area contributed by atoms with E-state index in [2.05, 4.69) is 38.5 Å². The van der Waals surface area contributed by atoms with Crippen molar-refractivity contribution < 1.29 is 33.8 Å². The normalized spacial score (nSPS) is 19.2. The fourth-order valence-corrected chi connectivity index (χ4v) is 10.0. The van der Waals surface area contributed by atoms with Crippen molar-refractivity contribution in [3.63, 3.8) is 0 Å². The van der Waals surface area contributed by atoms with Gasteiger partial charge in [0.2, 0.25) is 23.6 Å². The van der Waals surface area contributed by atoms with Crippen molar-refractivity contribution in [2.45, 2.75) is 89.9 Å². The van der Waals surface area contributed by atoms with Gasteiger partial charge in [-0.25, -0.2) is 9.97 Å². The first-order valence-electron chi connectivity index (χ1n) is 21.8. The van der Waals surface area contributed by atoms with Gasteiger partial charge < -0.3 is 35.6 Å². The van der Waals surface area contributed by atoms with Crippen LogP contribution in [0.3, 0.4) is 0 Å². The van der Waals surface area contributed by atoms with Gasteiger partial charge >= 0.3 is 0 Å². The number of thiazole rings is 2. The molecule has 4 heterocycles. The molecule has 2 saturated heterocycles. The number of thiol groups is 1. The van der Waals surface area contributed by atoms with E-state index < -0.39 is 36.2 Å². The number of benzene rings is 3. The van der Waals surface area contributed by atoms with E-state index in [4.69, 9.17) is 4.74 Å². The van der Waals surface area contributed by atoms with E-state index in [0.717, 1.165) is 43.4 Å². The van der Waals surface area contributed by atoms with Crippen molar-refractivity contribution in [2.75, 3.05) is 25.4 Å². The summed E-state index contributed by atoms with van der Waals surface area (Å²) >= 11 is 7.50. The monoisotopic (exact) mass is 937 g/mol. The fraction of sp³-hybridized carbons (Fsp3) is 0.396. The lowest BCUT2D eigenvalue weighted by atomic mass is 10.1. The molecule has 0 radical (unpaired) electrons. The van der Waals surface area contributed by atoms with Crippen LogP contribution in [-0.2, 0) is 37.0 Å². The van der Waals surface area contributed by atoms with E-state index in [-0.39, 0.29) is 67.8 Å². The van der Waals surface area contributed by atoms with Crippen LogP contribution >= 0.6 is 35.3 Å². The number of hydrogen-bond acceptors (Lipinski definition) is 12. The lowest BCUT2D eigenvalue weighted by Crippen LogP contribution is -2.54. The summed E-state index contributed by atoms with van der Waals surface area (Å²) in [5.74, 6) is -1.81. The van der Waals surface area contributed by atoms with Gasteiger partial charge in [0.15, 0.2) is 0 Å². The maximum absolute atomic E-state index is 13.7. The highest BCUT2D eigenvalue weighted by Crippen LogP contribution is 2.29. The van der Waals surface area contributed by atoms with Crippen LogP contribution in [0.15, 0.2) is 89.9 Å². The molecule has 0 spiro atoms. The van der Waals surface area contributed by atoms with Crippen LogP contribution in [0.4, 0.5) is 0 Å². The Balaban J connectivity index is 0.873. The molecule has 65 heavy (non-hydrogen) atoms. The quantitative estimate of drug-likeness (QED) is 0.0702. The van der Waals surface area contributed by atoms with E-state index in [1.165, 1.54) is 4.90 Å². The summed E-state index contributed by atoms with van der Waals surface area (Å²) in [6.07, 6.45) is -0.332. The number of nitrogens with one attached hydrogen (secondary N) is 3. The number of aromatic nitrogens is 2. The number of hydrogen-bond donors (Lipinski definition) is 5. The van der Waals surface area contributed by atoms with Crippen LogP contribution in [0.1, 0.15) is 65.5 Å². The van der Waals surface area contributed by atoms with E-state index >= 15 is 0 Å². The number of carbonyl (C=O) groups excluding carboxylic acids is 5. The number of likely N-dealkylation sites (tertiary alicyclic amines) is 2. The first-order chi connectivity index (χ1) is 31.4. The number of aryl methyl sites for hydroxylation is 2. The highest BCUT2D eigenvalue weighted by Gasteiger charge is 2.42. The van der Waals surface area contributed by atoms with Gasteiger partial charge in [-0.3, -0.25) is 24.0 Å². The Hall–Kier alpha value is -5.46. The van der Waals surface area contributed by atoms with Crippen molar-refractivity contribution in [3.8, 4) is 20.9 Å². The Morgan fingerprint density at radius 3 is 1.86 bits per heavy atom. The van der Waals surface area contributed by atoms with Gasteiger partial charge in [-0.1, -0.05) is 73.7 Å². The summed E-state index contributed by atoms with van der Waals surface area (Å²) in [6.45, 7) is 6.93. The Morgan fingerprint density at radius 2 is 1.34 bits per heavy atom. The molecule has 14 nitrogen and oxygen atoms in total. The van der Waals surface area contributed by atoms with Crippen LogP contribution in [0.5, 0.6) is 0 Å². The minimum atomic E-state index is -0.997. The molecule has 17 heteroatoms. The Labute approximate surface area is 392 Å². The van der Waals surface area contributed by atoms with Gasteiger partial charge in [-0.15, -0.1) is 22.7 Å². The first-order valence-corrected chi connectivity index (χ1v) is 24.2. The second-order valence-corrected chi connectivity index (χ2v) is 18.8. The summed E-state index contributed by atoms with van der Waals surface area (Å²) < 4.78 is 6.29. The third kappa shape index (κ3) is 12.1. The fourth-order valence-electron chi connectivity index (χ4n) is 8.18. The molecule has 5 aromatic rings. The number of carbonyl (C=O) groups is 5. The van der Waals surface area contributed by atoms with Crippen molar-refractivity contribution in [3.05, 3.63) is 118 Å². The largest absolute Gasteiger partial charge is 0.391 e. The van der Waals surface area contributed by atoms with Gasteiger partial charge in [-0.2, -0.15) is 12.6 Å². The molecule has 4 N–H and O–H groups in total. The molecule has 3 aromatic carbocycles. The van der Waals surface area contributed by atoms with Gasteiger partial charge in [0, 0.05) is 63.4 Å². The number of aliphatic hydroxyl groups excluding tert-OH is 1. The van der Waals surface area contributed by atoms with Crippen molar-refractivity contribution in [1.29, 1.82) is 0 Å². The minimum Gasteiger partial charge on any atom is -0.391 e. The minimum absolute atomic E-state index is 0.00386. The predicted molar refractivity (Wildman–Crippen MR) is 254 cm³/mol. The van der Waals surface area contributed by atoms with Crippen molar-refractivity contribution >= 4 is 64.8 Å². The molecule has 2 aliphatic rings. The molecule has 6 atom stereocenters. The maximum atomic E-state index is 13.7. The lowest BCUT2D eigenvalue weighted by molar-refractivity contribution is -0.141. The smallest absolute Gasteiger partial charge is 0.254 e. The van der Waals surface area contributed by atoms with Crippen LogP contribution in [-0.4, -0.2) is 110 Å². The maximum Gasteiger partial charge on any atom is 0.254 e. The van der Waals surface area contributed by atoms with Crippen molar-refractivity contribution in [1.82, 2.24) is 35.7 Å². The van der Waals surface area contributed by atoms with E-state index in [9.17, 15) is 29.1 Å². The molecular formula is C48H55N7O7S3. The summed E-state index contributed by atoms with van der Waals surface area (Å²) in [4.78, 5) is 81.4. The summed E-state index contributed by atoms with van der Waals surface area (Å²) in [7, 11) is 0. The number of β-amino-alcohol motifs (C(OH)–C–C–N with tert-alkyl or cyclic N) is 1. The zero-order chi connectivity index (χ0) is 46.0. The molecule has 0 saturated carbocycles. The van der Waals surface area contributed by atoms with Gasteiger partial charge in [0.1, 0.15) is 18.1 Å². The average molecular weight is 938 g/mol. The van der Waals surface area contributed by atoms with Crippen LogP contribution in [0, 0.1) is 19.8 Å². The van der Waals surface area contributed by atoms with Gasteiger partial charge in [0.25, 0.3) is 5.91 Å². The molecule has 2 aromatic heterocycles. The summed E-state index contributed by atoms with van der Waals surface area (Å²) in [6, 6.07) is 22.1. The van der Waals surface area contributed by atoms with Crippen molar-refractivity contribution in [2.24, 2.45) is 5.92 Å². The number of rotatable bonds is 18. The number of amides is 5.